The minimum Gasteiger partial charge on any atom is -0.460 e. The molecule has 0 aliphatic rings. The van der Waals surface area contributed by atoms with Crippen LogP contribution in [0.5, 0.6) is 11.5 Å². The van der Waals surface area contributed by atoms with E-state index < -0.39 is 10.8 Å². The number of nitrogens with zero attached hydrogens (tertiary/aromatic N) is 1. The average molecular weight is 405 g/mol. The molecule has 1 atom stereocenters. The molecule has 0 aromatic heterocycles. The maximum absolute atomic E-state index is 12.8. The van der Waals surface area contributed by atoms with Crippen LogP contribution in [0, 0.1) is 16.0 Å². The molecule has 3 aromatic rings. The maximum Gasteiger partial charge on any atom is 0.314 e. The predicted octanol–water partition coefficient (Wildman–Crippen LogP) is 5.87. The molecule has 0 spiro atoms. The number of hydrogen-bond acceptors (Lipinski definition) is 5. The van der Waals surface area contributed by atoms with Gasteiger partial charge in [-0.3, -0.25) is 14.9 Å². The molecule has 3 rings (SSSR count). The largest absolute Gasteiger partial charge is 0.460 e. The van der Waals surface area contributed by atoms with E-state index in [1.807, 2.05) is 68.4 Å². The van der Waals surface area contributed by atoms with Gasteiger partial charge >= 0.3 is 5.97 Å². The van der Waals surface area contributed by atoms with E-state index in [2.05, 4.69) is 0 Å². The number of ether oxygens (including phenoxy) is 2. The summed E-state index contributed by atoms with van der Waals surface area (Å²) < 4.78 is 11.4. The van der Waals surface area contributed by atoms with Crippen LogP contribution in [0.25, 0.3) is 0 Å². The summed E-state index contributed by atoms with van der Waals surface area (Å²) in [6.07, 6.45) is 0. The molecule has 0 fully saturated rings. The normalized spacial score (nSPS) is 11.7. The van der Waals surface area contributed by atoms with E-state index in [1.165, 1.54) is 12.1 Å². The van der Waals surface area contributed by atoms with Crippen molar-refractivity contribution < 1.29 is 19.2 Å². The van der Waals surface area contributed by atoms with E-state index in [9.17, 15) is 14.9 Å². The van der Waals surface area contributed by atoms with E-state index >= 15 is 0 Å². The van der Waals surface area contributed by atoms with E-state index in [1.54, 1.807) is 12.1 Å². The van der Waals surface area contributed by atoms with Crippen molar-refractivity contribution in [1.29, 1.82) is 0 Å². The third-order valence-electron chi connectivity index (χ3n) is 4.64. The molecule has 0 N–H and O–H groups in total. The number of hydrogen-bond donors (Lipinski definition) is 0. The van der Waals surface area contributed by atoms with Gasteiger partial charge in [-0.25, -0.2) is 0 Å². The number of esters is 1. The summed E-state index contributed by atoms with van der Waals surface area (Å²) in [6.45, 7) is 3.95. The minimum absolute atomic E-state index is 0.00939. The van der Waals surface area contributed by atoms with Crippen molar-refractivity contribution in [3.8, 4) is 11.5 Å². The monoisotopic (exact) mass is 405 g/mol. The van der Waals surface area contributed by atoms with Gasteiger partial charge in [0, 0.05) is 12.1 Å². The zero-order chi connectivity index (χ0) is 21.5. The molecule has 6 nitrogen and oxygen atoms in total. The highest BCUT2D eigenvalue weighted by atomic mass is 16.6. The molecule has 6 heteroatoms. The van der Waals surface area contributed by atoms with E-state index in [0.29, 0.717) is 11.3 Å². The Balaban J connectivity index is 1.67. The van der Waals surface area contributed by atoms with Crippen LogP contribution >= 0.6 is 0 Å². The number of carbonyl (C=O) groups excluding carboxylic acids is 1. The van der Waals surface area contributed by atoms with Gasteiger partial charge in [0.15, 0.2) is 0 Å². The Labute approximate surface area is 175 Å². The van der Waals surface area contributed by atoms with Crippen molar-refractivity contribution in [2.75, 3.05) is 0 Å². The fourth-order valence-electron chi connectivity index (χ4n) is 3.16. The molecule has 0 saturated heterocycles. The highest BCUT2D eigenvalue weighted by Gasteiger charge is 2.26. The maximum atomic E-state index is 12.8. The molecule has 1 unspecified atom stereocenters. The second kappa shape index (κ2) is 9.69. The molecule has 3 aromatic carbocycles. The lowest BCUT2D eigenvalue weighted by Crippen LogP contribution is -2.20. The number of nitro groups is 1. The molecule has 0 heterocycles. The van der Waals surface area contributed by atoms with Crippen molar-refractivity contribution in [1.82, 2.24) is 0 Å². The lowest BCUT2D eigenvalue weighted by atomic mass is 9.88. The smallest absolute Gasteiger partial charge is 0.314 e. The molecule has 154 valence electrons. The van der Waals surface area contributed by atoms with Crippen molar-refractivity contribution in [3.05, 3.63) is 100 Å². The van der Waals surface area contributed by atoms with Gasteiger partial charge in [-0.2, -0.15) is 0 Å². The van der Waals surface area contributed by atoms with Crippen LogP contribution in [0.4, 0.5) is 5.69 Å². The summed E-state index contributed by atoms with van der Waals surface area (Å²) in [5, 5.41) is 10.9. The highest BCUT2D eigenvalue weighted by molar-refractivity contribution is 5.78. The Morgan fingerprint density at radius 3 is 2.23 bits per heavy atom. The standard InChI is InChI=1S/C24H23NO5/c1-17(2)23(19-11-13-20(14-12-19)25(27)28)24(26)29-16-18-7-6-10-22(15-18)30-21-8-4-3-5-9-21/h3-15,17,23H,16H2,1-2H3. The fourth-order valence-corrected chi connectivity index (χ4v) is 3.16. The summed E-state index contributed by atoms with van der Waals surface area (Å²) in [6, 6.07) is 22.8. The molecule has 0 saturated carbocycles. The van der Waals surface area contributed by atoms with Crippen molar-refractivity contribution in [2.45, 2.75) is 26.4 Å². The van der Waals surface area contributed by atoms with Crippen LogP contribution in [0.2, 0.25) is 0 Å². The molecule has 30 heavy (non-hydrogen) atoms. The Morgan fingerprint density at radius 1 is 0.933 bits per heavy atom. The molecule has 0 aliphatic carbocycles. The van der Waals surface area contributed by atoms with Crippen LogP contribution < -0.4 is 4.74 Å². The fraction of sp³-hybridized carbons (Fsp3) is 0.208. The van der Waals surface area contributed by atoms with Crippen LogP contribution in [-0.4, -0.2) is 10.9 Å². The highest BCUT2D eigenvalue weighted by Crippen LogP contribution is 2.28. The van der Waals surface area contributed by atoms with Gasteiger partial charge < -0.3 is 9.47 Å². The Kier molecular flexibility index (Phi) is 6.80. The van der Waals surface area contributed by atoms with E-state index in [0.717, 1.165) is 11.3 Å². The number of non-ortho nitro benzene ring substituents is 1. The number of para-hydroxylation sites is 1. The third-order valence-corrected chi connectivity index (χ3v) is 4.64. The molecule has 0 amide bonds. The summed E-state index contributed by atoms with van der Waals surface area (Å²) in [7, 11) is 0. The first-order valence-corrected chi connectivity index (χ1v) is 9.67. The first kappa shape index (κ1) is 21.0. The first-order valence-electron chi connectivity index (χ1n) is 9.67. The van der Waals surface area contributed by atoms with Gasteiger partial charge in [0.05, 0.1) is 10.8 Å². The summed E-state index contributed by atoms with van der Waals surface area (Å²) in [5.74, 6) is 0.490. The van der Waals surface area contributed by atoms with Gasteiger partial charge in [0.1, 0.15) is 18.1 Å². The summed E-state index contributed by atoms with van der Waals surface area (Å²) in [5.41, 5.74) is 1.50. The van der Waals surface area contributed by atoms with Crippen LogP contribution in [0.1, 0.15) is 30.9 Å². The molecule has 0 radical (unpaired) electrons. The van der Waals surface area contributed by atoms with Crippen LogP contribution in [-0.2, 0) is 16.1 Å². The van der Waals surface area contributed by atoms with Crippen molar-refractivity contribution >= 4 is 11.7 Å². The van der Waals surface area contributed by atoms with Gasteiger partial charge in [0.25, 0.3) is 5.69 Å². The Hall–Kier alpha value is -3.67. The third kappa shape index (κ3) is 5.44. The SMILES string of the molecule is CC(C)C(C(=O)OCc1cccc(Oc2ccccc2)c1)c1ccc([N+](=O)[O-])cc1. The molecule has 0 bridgehead atoms. The lowest BCUT2D eigenvalue weighted by molar-refractivity contribution is -0.384. The number of rotatable bonds is 8. The van der Waals surface area contributed by atoms with Crippen molar-refractivity contribution in [3.63, 3.8) is 0 Å². The summed E-state index contributed by atoms with van der Waals surface area (Å²) in [4.78, 5) is 23.2. The zero-order valence-corrected chi connectivity index (χ0v) is 16.9. The van der Waals surface area contributed by atoms with Gasteiger partial charge in [-0.15, -0.1) is 0 Å². The first-order chi connectivity index (χ1) is 14.4. The summed E-state index contributed by atoms with van der Waals surface area (Å²) >= 11 is 0. The predicted molar refractivity (Wildman–Crippen MR) is 113 cm³/mol. The molecular formula is C24H23NO5. The Morgan fingerprint density at radius 2 is 1.60 bits per heavy atom. The average Bonchev–Trinajstić information content (AvgIpc) is 2.73. The van der Waals surface area contributed by atoms with Gasteiger partial charge in [-0.05, 0) is 41.3 Å². The number of nitro benzene ring substituents is 1. The number of carbonyl (C=O) groups is 1. The van der Waals surface area contributed by atoms with Crippen molar-refractivity contribution in [2.24, 2.45) is 5.92 Å². The second-order valence-corrected chi connectivity index (χ2v) is 7.24. The van der Waals surface area contributed by atoms with Crippen LogP contribution in [0.15, 0.2) is 78.9 Å². The van der Waals surface area contributed by atoms with Gasteiger partial charge in [-0.1, -0.05) is 56.3 Å². The zero-order valence-electron chi connectivity index (χ0n) is 16.9. The number of benzene rings is 3. The quantitative estimate of drug-likeness (QED) is 0.266. The van der Waals surface area contributed by atoms with E-state index in [4.69, 9.17) is 9.47 Å². The molecular weight excluding hydrogens is 382 g/mol. The Bertz CT molecular complexity index is 1000. The van der Waals surface area contributed by atoms with E-state index in [-0.39, 0.29) is 24.2 Å². The second-order valence-electron chi connectivity index (χ2n) is 7.24. The minimum atomic E-state index is -0.505. The van der Waals surface area contributed by atoms with Crippen LogP contribution in [0.3, 0.4) is 0 Å². The molecule has 0 aliphatic heterocycles. The van der Waals surface area contributed by atoms with Gasteiger partial charge in [0.2, 0.25) is 0 Å². The lowest BCUT2D eigenvalue weighted by Gasteiger charge is -2.20. The topological polar surface area (TPSA) is 78.7 Å².